The summed E-state index contributed by atoms with van der Waals surface area (Å²) in [5, 5.41) is 2.65. The first kappa shape index (κ1) is 14.2. The van der Waals surface area contributed by atoms with E-state index in [4.69, 9.17) is 4.74 Å². The number of carbonyl (C=O) groups excluding carboxylic acids is 2. The highest BCUT2D eigenvalue weighted by atomic mass is 16.5. The van der Waals surface area contributed by atoms with Crippen molar-refractivity contribution < 1.29 is 14.3 Å². The summed E-state index contributed by atoms with van der Waals surface area (Å²) < 4.78 is 4.82. The maximum atomic E-state index is 11.3. The van der Waals surface area contributed by atoms with Crippen molar-refractivity contribution in [2.75, 3.05) is 43.0 Å². The Bertz CT molecular complexity index is 453. The largest absolute Gasteiger partial charge is 0.450 e. The molecular formula is C14H19N3O3. The van der Waals surface area contributed by atoms with Crippen LogP contribution in [0.4, 0.5) is 16.2 Å². The molecule has 1 aromatic rings. The molecule has 1 aliphatic heterocycles. The van der Waals surface area contributed by atoms with Crippen molar-refractivity contribution in [3.63, 3.8) is 0 Å². The fourth-order valence-electron chi connectivity index (χ4n) is 2.13. The third-order valence-electron chi connectivity index (χ3n) is 3.22. The highest BCUT2D eigenvalue weighted by Gasteiger charge is 2.15. The highest BCUT2D eigenvalue weighted by Crippen LogP contribution is 2.19. The fraction of sp³-hybridized carbons (Fsp3) is 0.429. The average Bonchev–Trinajstić information content (AvgIpc) is 2.48. The molecule has 0 aliphatic carbocycles. The van der Waals surface area contributed by atoms with Crippen LogP contribution in [0.2, 0.25) is 0 Å². The lowest BCUT2D eigenvalue weighted by Crippen LogP contribution is -2.45. The van der Waals surface area contributed by atoms with E-state index in [1.54, 1.807) is 11.8 Å². The number of ether oxygens (including phenoxy) is 1. The van der Waals surface area contributed by atoms with Crippen LogP contribution in [0.3, 0.4) is 0 Å². The summed E-state index contributed by atoms with van der Waals surface area (Å²) in [6, 6.07) is 7.60. The van der Waals surface area contributed by atoms with Gasteiger partial charge in [0, 0.05) is 37.6 Å². The molecule has 6 nitrogen and oxygen atoms in total. The smallest absolute Gasteiger partial charge is 0.411 e. The van der Waals surface area contributed by atoms with Crippen molar-refractivity contribution in [1.29, 1.82) is 0 Å². The molecule has 108 valence electrons. The molecule has 6 heteroatoms. The van der Waals surface area contributed by atoms with E-state index in [9.17, 15) is 9.59 Å². The van der Waals surface area contributed by atoms with Gasteiger partial charge in [0.15, 0.2) is 0 Å². The number of piperazine rings is 1. The molecule has 2 amide bonds. The maximum absolute atomic E-state index is 11.3. The van der Waals surface area contributed by atoms with E-state index in [-0.39, 0.29) is 0 Å². The van der Waals surface area contributed by atoms with E-state index in [1.165, 1.54) is 0 Å². The predicted molar refractivity (Wildman–Crippen MR) is 76.9 cm³/mol. The molecule has 1 fully saturated rings. The Kier molecular flexibility index (Phi) is 4.81. The lowest BCUT2D eigenvalue weighted by atomic mass is 10.2. The lowest BCUT2D eigenvalue weighted by Gasteiger charge is -2.34. The summed E-state index contributed by atoms with van der Waals surface area (Å²) >= 11 is 0. The van der Waals surface area contributed by atoms with E-state index in [0.717, 1.165) is 38.3 Å². The van der Waals surface area contributed by atoms with Crippen molar-refractivity contribution in [2.24, 2.45) is 0 Å². The summed E-state index contributed by atoms with van der Waals surface area (Å²) in [4.78, 5) is 25.9. The first-order chi connectivity index (χ1) is 9.72. The van der Waals surface area contributed by atoms with E-state index in [1.807, 2.05) is 24.3 Å². The molecule has 1 aromatic carbocycles. The van der Waals surface area contributed by atoms with Crippen molar-refractivity contribution in [1.82, 2.24) is 4.90 Å². The molecule has 1 aliphatic rings. The van der Waals surface area contributed by atoms with Gasteiger partial charge in [-0.05, 0) is 31.2 Å². The molecular weight excluding hydrogens is 258 g/mol. The van der Waals surface area contributed by atoms with Crippen LogP contribution in [-0.2, 0) is 9.53 Å². The third-order valence-corrected chi connectivity index (χ3v) is 3.22. The van der Waals surface area contributed by atoms with E-state index >= 15 is 0 Å². The third kappa shape index (κ3) is 3.63. The van der Waals surface area contributed by atoms with E-state index in [2.05, 4.69) is 10.2 Å². The number of nitrogens with one attached hydrogen (secondary N) is 1. The van der Waals surface area contributed by atoms with Gasteiger partial charge in [-0.1, -0.05) is 0 Å². The fourth-order valence-corrected chi connectivity index (χ4v) is 2.13. The lowest BCUT2D eigenvalue weighted by molar-refractivity contribution is -0.118. The monoisotopic (exact) mass is 277 g/mol. The van der Waals surface area contributed by atoms with Crippen molar-refractivity contribution in [3.05, 3.63) is 24.3 Å². The van der Waals surface area contributed by atoms with Gasteiger partial charge in [0.2, 0.25) is 6.41 Å². The van der Waals surface area contributed by atoms with Crippen LogP contribution in [0.15, 0.2) is 24.3 Å². The van der Waals surface area contributed by atoms with Crippen LogP contribution in [0.1, 0.15) is 6.92 Å². The molecule has 0 radical (unpaired) electrons. The van der Waals surface area contributed by atoms with Crippen LogP contribution in [0.5, 0.6) is 0 Å². The second kappa shape index (κ2) is 6.79. The molecule has 0 unspecified atom stereocenters. The van der Waals surface area contributed by atoms with Crippen LogP contribution in [0.25, 0.3) is 0 Å². The van der Waals surface area contributed by atoms with Crippen molar-refractivity contribution in [3.8, 4) is 0 Å². The molecule has 0 bridgehead atoms. The van der Waals surface area contributed by atoms with Gasteiger partial charge in [0.25, 0.3) is 0 Å². The van der Waals surface area contributed by atoms with Gasteiger partial charge in [-0.3, -0.25) is 10.1 Å². The Balaban J connectivity index is 1.91. The molecule has 1 N–H and O–H groups in total. The van der Waals surface area contributed by atoms with Gasteiger partial charge in [-0.2, -0.15) is 0 Å². The normalized spacial score (nSPS) is 14.8. The number of hydrogen-bond donors (Lipinski definition) is 1. The Morgan fingerprint density at radius 2 is 1.90 bits per heavy atom. The van der Waals surface area contributed by atoms with Crippen LogP contribution in [0, 0.1) is 0 Å². The van der Waals surface area contributed by atoms with Gasteiger partial charge in [0.05, 0.1) is 6.61 Å². The van der Waals surface area contributed by atoms with E-state index in [0.29, 0.717) is 12.3 Å². The zero-order valence-corrected chi connectivity index (χ0v) is 11.5. The number of carbonyl (C=O) groups is 2. The first-order valence-electron chi connectivity index (χ1n) is 6.71. The molecule has 0 spiro atoms. The van der Waals surface area contributed by atoms with Crippen LogP contribution < -0.4 is 10.2 Å². The minimum Gasteiger partial charge on any atom is -0.450 e. The summed E-state index contributed by atoms with van der Waals surface area (Å²) in [6.07, 6.45) is 0.448. The zero-order chi connectivity index (χ0) is 14.4. The summed E-state index contributed by atoms with van der Waals surface area (Å²) in [6.45, 7) is 5.25. The Morgan fingerprint density at radius 1 is 1.25 bits per heavy atom. The average molecular weight is 277 g/mol. The topological polar surface area (TPSA) is 61.9 Å². The number of nitrogens with zero attached hydrogens (tertiary/aromatic N) is 2. The maximum Gasteiger partial charge on any atom is 0.411 e. The molecule has 20 heavy (non-hydrogen) atoms. The standard InChI is InChI=1S/C14H19N3O3/c1-2-20-14(19)15-12-3-5-13(6-4-12)17-9-7-16(11-18)8-10-17/h3-6,11H,2,7-10H2,1H3,(H,15,19). The Morgan fingerprint density at radius 3 is 2.45 bits per heavy atom. The summed E-state index contributed by atoms with van der Waals surface area (Å²) in [7, 11) is 0. The van der Waals surface area contributed by atoms with Gasteiger partial charge in [-0.25, -0.2) is 4.79 Å². The minimum atomic E-state index is -0.445. The number of rotatable bonds is 4. The number of amides is 2. The van der Waals surface area contributed by atoms with Gasteiger partial charge in [0.1, 0.15) is 0 Å². The second-order valence-corrected chi connectivity index (χ2v) is 4.52. The van der Waals surface area contributed by atoms with E-state index < -0.39 is 6.09 Å². The first-order valence-corrected chi connectivity index (χ1v) is 6.71. The predicted octanol–water partition coefficient (Wildman–Crippen LogP) is 1.53. The van der Waals surface area contributed by atoms with Crippen LogP contribution in [-0.4, -0.2) is 50.2 Å². The molecule has 0 atom stereocenters. The number of benzene rings is 1. The number of hydrogen-bond acceptors (Lipinski definition) is 4. The molecule has 0 aromatic heterocycles. The SMILES string of the molecule is CCOC(=O)Nc1ccc(N2CCN(C=O)CC2)cc1. The highest BCUT2D eigenvalue weighted by molar-refractivity contribution is 5.84. The van der Waals surface area contributed by atoms with Crippen LogP contribution >= 0.6 is 0 Å². The Hall–Kier alpha value is -2.24. The second-order valence-electron chi connectivity index (χ2n) is 4.52. The quantitative estimate of drug-likeness (QED) is 0.848. The molecule has 1 heterocycles. The Labute approximate surface area is 118 Å². The van der Waals surface area contributed by atoms with Gasteiger partial charge >= 0.3 is 6.09 Å². The molecule has 2 rings (SSSR count). The van der Waals surface area contributed by atoms with Crippen molar-refractivity contribution >= 4 is 23.9 Å². The molecule has 0 saturated carbocycles. The summed E-state index contributed by atoms with van der Waals surface area (Å²) in [5.41, 5.74) is 1.80. The summed E-state index contributed by atoms with van der Waals surface area (Å²) in [5.74, 6) is 0. The van der Waals surface area contributed by atoms with Gasteiger partial charge < -0.3 is 14.5 Å². The minimum absolute atomic E-state index is 0.352. The van der Waals surface area contributed by atoms with Crippen molar-refractivity contribution in [2.45, 2.75) is 6.92 Å². The number of anilines is 2. The molecule has 1 saturated heterocycles. The van der Waals surface area contributed by atoms with Gasteiger partial charge in [-0.15, -0.1) is 0 Å². The zero-order valence-electron chi connectivity index (χ0n) is 11.5.